The number of carboxylic acids is 2. The van der Waals surface area contributed by atoms with Crippen molar-refractivity contribution >= 4 is 58.0 Å². The van der Waals surface area contributed by atoms with Crippen molar-refractivity contribution in [1.82, 2.24) is 9.97 Å². The second-order valence-corrected chi connectivity index (χ2v) is 14.4. The van der Waals surface area contributed by atoms with Crippen molar-refractivity contribution < 1.29 is 53.3 Å². The van der Waals surface area contributed by atoms with Crippen molar-refractivity contribution in [2.24, 2.45) is 11.1 Å². The highest BCUT2D eigenvalue weighted by Gasteiger charge is 2.36. The first-order valence-electron chi connectivity index (χ1n) is 13.2. The molecule has 15 nitrogen and oxygen atoms in total. The second kappa shape index (κ2) is 17.8. The maximum atomic E-state index is 12.0. The van der Waals surface area contributed by atoms with E-state index in [0.717, 1.165) is 11.3 Å². The number of aromatic nitrogens is 2. The Morgan fingerprint density at radius 3 is 1.61 bits per heavy atom. The number of aryl methyl sites for hydroxylation is 2. The average molecular weight is 691 g/mol. The number of nitrogens with zero attached hydrogens (tertiary/aromatic N) is 3. The lowest BCUT2D eigenvalue weighted by atomic mass is 10.1. The minimum atomic E-state index is -1.44. The van der Waals surface area contributed by atoms with E-state index in [0.29, 0.717) is 10.0 Å². The zero-order valence-electron chi connectivity index (χ0n) is 27.5. The Kier molecular flexibility index (Phi) is 17.1. The van der Waals surface area contributed by atoms with Crippen LogP contribution < -0.4 is 5.90 Å². The molecule has 0 fully saturated rings. The fourth-order valence-electron chi connectivity index (χ4n) is 2.29. The molecule has 260 valence electrons. The van der Waals surface area contributed by atoms with E-state index in [-0.39, 0.29) is 23.7 Å². The van der Waals surface area contributed by atoms with Crippen LogP contribution in [0, 0.1) is 13.8 Å². The first-order valence-corrected chi connectivity index (χ1v) is 14.9. The molecule has 2 heterocycles. The number of esters is 2. The summed E-state index contributed by atoms with van der Waals surface area (Å²) in [6.07, 6.45) is 1.27. The quantitative estimate of drug-likeness (QED) is 0.106. The zero-order valence-corrected chi connectivity index (χ0v) is 29.1. The Morgan fingerprint density at radius 2 is 1.28 bits per heavy atom. The van der Waals surface area contributed by atoms with Crippen LogP contribution >= 0.6 is 22.7 Å². The van der Waals surface area contributed by atoms with Gasteiger partial charge in [0.05, 0.1) is 10.0 Å². The number of rotatable bonds is 9. The van der Waals surface area contributed by atoms with Gasteiger partial charge in [-0.15, -0.1) is 22.7 Å². The van der Waals surface area contributed by atoms with Gasteiger partial charge >= 0.3 is 23.9 Å². The minimum absolute atomic E-state index is 0. The van der Waals surface area contributed by atoms with Crippen LogP contribution in [-0.4, -0.2) is 78.0 Å². The molecule has 46 heavy (non-hydrogen) atoms. The first-order chi connectivity index (χ1) is 20.2. The van der Waals surface area contributed by atoms with Gasteiger partial charge in [0.25, 0.3) is 5.78 Å². The summed E-state index contributed by atoms with van der Waals surface area (Å²) in [5.74, 6) is 0.212. The Bertz CT molecular complexity index is 1380. The van der Waals surface area contributed by atoms with Gasteiger partial charge in [-0.05, 0) is 83.1 Å². The SMILES string of the molecule is C.CC(C)(C)OC(=O)C(C)(C)ON.Cc1nc(/C(=N/OC(C)(C)C(=O)OC(C)(C)C)C(=O)O)cs1.Cc1ncc(C(=O)C(=O)O)s1. The number of hydrogen-bond donors (Lipinski definition) is 3. The fourth-order valence-corrected chi connectivity index (χ4v) is 3.59. The average Bonchev–Trinajstić information content (AvgIpc) is 3.50. The Morgan fingerprint density at radius 1 is 0.804 bits per heavy atom. The second-order valence-electron chi connectivity index (χ2n) is 12.1. The lowest BCUT2D eigenvalue weighted by Crippen LogP contribution is -2.42. The number of nitrogens with two attached hydrogens (primary N) is 1. The molecule has 0 bridgehead atoms. The number of ketones is 1. The van der Waals surface area contributed by atoms with Gasteiger partial charge in [-0.1, -0.05) is 12.6 Å². The predicted molar refractivity (Wildman–Crippen MR) is 173 cm³/mol. The molecule has 0 aliphatic heterocycles. The highest BCUT2D eigenvalue weighted by molar-refractivity contribution is 7.14. The van der Waals surface area contributed by atoms with Gasteiger partial charge in [0, 0.05) is 11.6 Å². The fraction of sp³-hybridized carbons (Fsp3) is 0.586. The van der Waals surface area contributed by atoms with E-state index < -0.39 is 52.1 Å². The van der Waals surface area contributed by atoms with Crippen LogP contribution in [0.2, 0.25) is 0 Å². The van der Waals surface area contributed by atoms with Crippen LogP contribution in [-0.2, 0) is 38.3 Å². The van der Waals surface area contributed by atoms with Gasteiger partial charge in [-0.2, -0.15) is 0 Å². The molecule has 0 radical (unpaired) electrons. The summed E-state index contributed by atoms with van der Waals surface area (Å²) >= 11 is 2.38. The zero-order chi connectivity index (χ0) is 35.6. The number of carboxylic acid groups (broad SMARTS) is 2. The van der Waals surface area contributed by atoms with Crippen molar-refractivity contribution in [3.8, 4) is 0 Å². The van der Waals surface area contributed by atoms with Crippen molar-refractivity contribution in [1.29, 1.82) is 0 Å². The molecular weight excluding hydrogens is 644 g/mol. The molecule has 0 aromatic carbocycles. The van der Waals surface area contributed by atoms with E-state index in [1.165, 1.54) is 31.4 Å². The molecule has 0 saturated carbocycles. The third-order valence-corrected chi connectivity index (χ3v) is 6.23. The summed E-state index contributed by atoms with van der Waals surface area (Å²) in [6.45, 7) is 20.0. The summed E-state index contributed by atoms with van der Waals surface area (Å²) in [7, 11) is 0. The van der Waals surface area contributed by atoms with Crippen LogP contribution in [0.5, 0.6) is 0 Å². The standard InChI is InChI=1S/C14H20N2O5S.C8H17NO3.C6H5NO3S.CH4/c1-8-15-9(7-22-8)10(11(17)18)16-21-14(5,6)12(19)20-13(2,3)4;1-7(2,3)11-6(10)8(4,5)12-9;1-3-7-2-4(11-3)5(8)6(9)10;/h7H,1-6H3,(H,17,18);9H2,1-5H3;2H,1H3,(H,9,10);1H4/b16-10-;;;. The highest BCUT2D eigenvalue weighted by atomic mass is 32.1. The maximum Gasteiger partial charge on any atom is 0.378 e. The van der Waals surface area contributed by atoms with E-state index >= 15 is 0 Å². The molecule has 0 aliphatic carbocycles. The molecule has 0 saturated heterocycles. The number of carbonyl (C=O) groups excluding carboxylic acids is 3. The number of oxime groups is 1. The molecule has 17 heteroatoms. The van der Waals surface area contributed by atoms with Crippen LogP contribution in [0.1, 0.15) is 102 Å². The van der Waals surface area contributed by atoms with E-state index in [1.807, 2.05) is 0 Å². The molecule has 2 aromatic heterocycles. The van der Waals surface area contributed by atoms with Gasteiger partial charge < -0.3 is 24.5 Å². The van der Waals surface area contributed by atoms with Crippen molar-refractivity contribution in [2.45, 2.75) is 113 Å². The molecule has 2 aromatic rings. The van der Waals surface area contributed by atoms with Crippen LogP contribution in [0.15, 0.2) is 16.7 Å². The van der Waals surface area contributed by atoms with Gasteiger partial charge in [0.2, 0.25) is 11.3 Å². The van der Waals surface area contributed by atoms with Gasteiger partial charge in [-0.3, -0.25) is 9.63 Å². The molecule has 0 amide bonds. The third-order valence-electron chi connectivity index (χ3n) is 4.54. The first kappa shape index (κ1) is 44.3. The topological polar surface area (TPSA) is 227 Å². The maximum absolute atomic E-state index is 12.0. The van der Waals surface area contributed by atoms with Crippen molar-refractivity contribution in [3.05, 3.63) is 32.2 Å². The Hall–Kier alpha value is -3.80. The van der Waals surface area contributed by atoms with Crippen molar-refractivity contribution in [3.63, 3.8) is 0 Å². The van der Waals surface area contributed by atoms with E-state index in [4.69, 9.17) is 25.3 Å². The largest absolute Gasteiger partial charge is 0.476 e. The van der Waals surface area contributed by atoms with E-state index in [1.54, 1.807) is 74.6 Å². The van der Waals surface area contributed by atoms with Gasteiger partial charge in [0.15, 0.2) is 5.60 Å². The van der Waals surface area contributed by atoms with Gasteiger partial charge in [-0.25, -0.2) is 35.0 Å². The van der Waals surface area contributed by atoms with E-state index in [2.05, 4.69) is 20.0 Å². The summed E-state index contributed by atoms with van der Waals surface area (Å²) in [6, 6.07) is 0. The smallest absolute Gasteiger partial charge is 0.378 e. The third kappa shape index (κ3) is 16.5. The molecule has 0 unspecified atom stereocenters. The molecule has 2 rings (SSSR count). The number of ether oxygens (including phenoxy) is 2. The summed E-state index contributed by atoms with van der Waals surface area (Å²) in [4.78, 5) is 73.0. The van der Waals surface area contributed by atoms with Crippen LogP contribution in [0.3, 0.4) is 0 Å². The van der Waals surface area contributed by atoms with Gasteiger partial charge in [0.1, 0.15) is 21.8 Å². The highest BCUT2D eigenvalue weighted by Crippen LogP contribution is 2.19. The predicted octanol–water partition coefficient (Wildman–Crippen LogP) is 4.73. The van der Waals surface area contributed by atoms with E-state index in [9.17, 15) is 29.1 Å². The normalized spacial score (nSPS) is 11.8. The summed E-state index contributed by atoms with van der Waals surface area (Å²) < 4.78 is 10.3. The molecule has 4 N–H and O–H groups in total. The number of hydrogen-bond acceptors (Lipinski definition) is 15. The molecule has 0 spiro atoms. The Labute approximate surface area is 277 Å². The summed E-state index contributed by atoms with van der Waals surface area (Å²) in [5, 5.41) is 24.0. The van der Waals surface area contributed by atoms with Crippen molar-refractivity contribution in [2.75, 3.05) is 0 Å². The van der Waals surface area contributed by atoms with Crippen LogP contribution in [0.4, 0.5) is 0 Å². The molecule has 0 aliphatic rings. The lowest BCUT2D eigenvalue weighted by molar-refractivity contribution is -0.180. The number of aliphatic carboxylic acids is 2. The Balaban J connectivity index is 0. The lowest BCUT2D eigenvalue weighted by Gasteiger charge is -2.26. The number of carbonyl (C=O) groups is 5. The summed E-state index contributed by atoms with van der Waals surface area (Å²) in [5.41, 5.74) is -3.85. The number of thiazole rings is 2. The van der Waals surface area contributed by atoms with Crippen LogP contribution in [0.25, 0.3) is 0 Å². The molecular formula is C29H46N4O11S2. The molecule has 0 atom stereocenters. The monoisotopic (exact) mass is 690 g/mol. The minimum Gasteiger partial charge on any atom is -0.476 e. The number of Topliss-reactive ketones (excluding diaryl/α,β-unsaturated/α-hetero) is 1.